The lowest BCUT2D eigenvalue weighted by Crippen LogP contribution is -2.27. The fourth-order valence-electron chi connectivity index (χ4n) is 2.70. The van der Waals surface area contributed by atoms with Gasteiger partial charge in [0.1, 0.15) is 0 Å². The summed E-state index contributed by atoms with van der Waals surface area (Å²) in [4.78, 5) is 12.3. The van der Waals surface area contributed by atoms with E-state index in [9.17, 15) is 4.79 Å². The number of amides is 1. The summed E-state index contributed by atoms with van der Waals surface area (Å²) >= 11 is 0. The van der Waals surface area contributed by atoms with E-state index >= 15 is 0 Å². The maximum absolute atomic E-state index is 12.3. The second-order valence-electron chi connectivity index (χ2n) is 6.01. The molecular formula is C17H26N2O. The zero-order chi connectivity index (χ0) is 14.4. The van der Waals surface area contributed by atoms with E-state index < -0.39 is 0 Å². The van der Waals surface area contributed by atoms with Crippen LogP contribution in [0.1, 0.15) is 55.5 Å². The third kappa shape index (κ3) is 3.99. The smallest absolute Gasteiger partial charge is 0.251 e. The third-order valence-corrected chi connectivity index (χ3v) is 3.83. The average molecular weight is 274 g/mol. The topological polar surface area (TPSA) is 41.1 Å². The number of rotatable bonds is 6. The quantitative estimate of drug-likeness (QED) is 0.778. The van der Waals surface area contributed by atoms with Crippen LogP contribution in [-0.2, 0) is 6.42 Å². The van der Waals surface area contributed by atoms with Crippen molar-refractivity contribution in [2.24, 2.45) is 5.92 Å². The minimum absolute atomic E-state index is 0.0788. The molecule has 20 heavy (non-hydrogen) atoms. The summed E-state index contributed by atoms with van der Waals surface area (Å²) in [5.41, 5.74) is 3.15. The summed E-state index contributed by atoms with van der Waals surface area (Å²) in [6.07, 6.45) is 5.59. The molecule has 2 rings (SSSR count). The second-order valence-corrected chi connectivity index (χ2v) is 6.01. The fraction of sp³-hybridized carbons (Fsp3) is 0.588. The SMILES string of the molecule is CC(C)CCCCNC(=O)c1cccc2c1CCCN2. The molecule has 0 aliphatic carbocycles. The molecule has 0 spiro atoms. The number of fused-ring (bicyclic) bond motifs is 1. The molecule has 1 aromatic rings. The van der Waals surface area contributed by atoms with E-state index in [1.54, 1.807) is 0 Å². The molecule has 0 bridgehead atoms. The first-order valence-electron chi connectivity index (χ1n) is 7.82. The number of benzene rings is 1. The molecule has 0 fully saturated rings. The standard InChI is InChI=1S/C17H26N2O/c1-13(2)7-3-4-11-19-17(20)15-8-5-10-16-14(15)9-6-12-18-16/h5,8,10,13,18H,3-4,6-7,9,11-12H2,1-2H3,(H,19,20). The van der Waals surface area contributed by atoms with E-state index in [4.69, 9.17) is 0 Å². The van der Waals surface area contributed by atoms with Crippen molar-refractivity contribution in [2.75, 3.05) is 18.4 Å². The van der Waals surface area contributed by atoms with Gasteiger partial charge in [-0.05, 0) is 42.9 Å². The Balaban J connectivity index is 1.86. The Morgan fingerprint density at radius 3 is 3.00 bits per heavy atom. The highest BCUT2D eigenvalue weighted by Crippen LogP contribution is 2.25. The maximum Gasteiger partial charge on any atom is 0.251 e. The summed E-state index contributed by atoms with van der Waals surface area (Å²) in [5.74, 6) is 0.827. The number of carbonyl (C=O) groups is 1. The van der Waals surface area contributed by atoms with Gasteiger partial charge in [-0.15, -0.1) is 0 Å². The lowest BCUT2D eigenvalue weighted by atomic mass is 9.97. The van der Waals surface area contributed by atoms with Crippen LogP contribution in [0.15, 0.2) is 18.2 Å². The van der Waals surface area contributed by atoms with Gasteiger partial charge in [-0.3, -0.25) is 4.79 Å². The summed E-state index contributed by atoms with van der Waals surface area (Å²) in [5, 5.41) is 6.42. The number of carbonyl (C=O) groups excluding carboxylic acids is 1. The highest BCUT2D eigenvalue weighted by molar-refractivity contribution is 5.97. The second kappa shape index (κ2) is 7.32. The van der Waals surface area contributed by atoms with Crippen LogP contribution < -0.4 is 10.6 Å². The molecule has 0 saturated carbocycles. The zero-order valence-corrected chi connectivity index (χ0v) is 12.7. The molecule has 3 heteroatoms. The fourth-order valence-corrected chi connectivity index (χ4v) is 2.70. The van der Waals surface area contributed by atoms with Crippen LogP contribution in [-0.4, -0.2) is 19.0 Å². The van der Waals surface area contributed by atoms with Crippen LogP contribution in [0, 0.1) is 5.92 Å². The molecule has 0 atom stereocenters. The monoisotopic (exact) mass is 274 g/mol. The Labute approximate surface area is 122 Å². The number of unbranched alkanes of at least 4 members (excludes halogenated alkanes) is 1. The van der Waals surface area contributed by atoms with Gasteiger partial charge in [-0.2, -0.15) is 0 Å². The predicted molar refractivity (Wildman–Crippen MR) is 84.3 cm³/mol. The number of hydrogen-bond donors (Lipinski definition) is 2. The van der Waals surface area contributed by atoms with Gasteiger partial charge < -0.3 is 10.6 Å². The molecule has 1 amide bonds. The van der Waals surface area contributed by atoms with E-state index in [1.807, 2.05) is 12.1 Å². The van der Waals surface area contributed by atoms with Crippen molar-refractivity contribution >= 4 is 11.6 Å². The van der Waals surface area contributed by atoms with Crippen LogP contribution >= 0.6 is 0 Å². The van der Waals surface area contributed by atoms with Crippen LogP contribution in [0.3, 0.4) is 0 Å². The highest BCUT2D eigenvalue weighted by Gasteiger charge is 2.16. The lowest BCUT2D eigenvalue weighted by Gasteiger charge is -2.20. The van der Waals surface area contributed by atoms with Crippen molar-refractivity contribution < 1.29 is 4.79 Å². The Kier molecular flexibility index (Phi) is 5.45. The van der Waals surface area contributed by atoms with Gasteiger partial charge >= 0.3 is 0 Å². The van der Waals surface area contributed by atoms with E-state index in [0.29, 0.717) is 0 Å². The van der Waals surface area contributed by atoms with Gasteiger partial charge in [0.2, 0.25) is 0 Å². The van der Waals surface area contributed by atoms with Crippen LogP contribution in [0.4, 0.5) is 5.69 Å². The highest BCUT2D eigenvalue weighted by atomic mass is 16.1. The molecule has 1 heterocycles. The number of anilines is 1. The van der Waals surface area contributed by atoms with Crippen molar-refractivity contribution in [3.05, 3.63) is 29.3 Å². The molecule has 110 valence electrons. The Morgan fingerprint density at radius 1 is 1.35 bits per heavy atom. The normalized spacial score (nSPS) is 13.8. The molecule has 1 aliphatic heterocycles. The Hall–Kier alpha value is -1.51. The number of hydrogen-bond acceptors (Lipinski definition) is 2. The van der Waals surface area contributed by atoms with Gasteiger partial charge in [0.05, 0.1) is 0 Å². The molecule has 0 aromatic heterocycles. The van der Waals surface area contributed by atoms with E-state index in [0.717, 1.165) is 49.5 Å². The van der Waals surface area contributed by atoms with E-state index in [-0.39, 0.29) is 5.91 Å². The van der Waals surface area contributed by atoms with Gasteiger partial charge in [0, 0.05) is 24.3 Å². The first kappa shape index (κ1) is 14.9. The van der Waals surface area contributed by atoms with Crippen molar-refractivity contribution in [3.63, 3.8) is 0 Å². The first-order valence-corrected chi connectivity index (χ1v) is 7.82. The molecule has 2 N–H and O–H groups in total. The summed E-state index contributed by atoms with van der Waals surface area (Å²) in [6, 6.07) is 5.97. The minimum Gasteiger partial charge on any atom is -0.385 e. The minimum atomic E-state index is 0.0788. The van der Waals surface area contributed by atoms with Crippen LogP contribution in [0.5, 0.6) is 0 Å². The van der Waals surface area contributed by atoms with Crippen molar-refractivity contribution in [2.45, 2.75) is 46.0 Å². The molecule has 0 saturated heterocycles. The van der Waals surface area contributed by atoms with Gasteiger partial charge in [0.25, 0.3) is 5.91 Å². The molecule has 0 radical (unpaired) electrons. The number of nitrogens with one attached hydrogen (secondary N) is 2. The van der Waals surface area contributed by atoms with Crippen molar-refractivity contribution in [3.8, 4) is 0 Å². The van der Waals surface area contributed by atoms with Crippen LogP contribution in [0.25, 0.3) is 0 Å². The summed E-state index contributed by atoms with van der Waals surface area (Å²) < 4.78 is 0. The van der Waals surface area contributed by atoms with Crippen LogP contribution in [0.2, 0.25) is 0 Å². The average Bonchev–Trinajstić information content (AvgIpc) is 2.45. The van der Waals surface area contributed by atoms with Gasteiger partial charge in [-0.25, -0.2) is 0 Å². The van der Waals surface area contributed by atoms with Gasteiger partial charge in [0.15, 0.2) is 0 Å². The predicted octanol–water partition coefficient (Wildman–Crippen LogP) is 3.60. The van der Waals surface area contributed by atoms with Gasteiger partial charge in [-0.1, -0.05) is 32.8 Å². The molecular weight excluding hydrogens is 248 g/mol. The summed E-state index contributed by atoms with van der Waals surface area (Å²) in [6.45, 7) is 6.26. The lowest BCUT2D eigenvalue weighted by molar-refractivity contribution is 0.0952. The zero-order valence-electron chi connectivity index (χ0n) is 12.7. The molecule has 0 unspecified atom stereocenters. The maximum atomic E-state index is 12.3. The van der Waals surface area contributed by atoms with E-state index in [1.165, 1.54) is 18.4 Å². The van der Waals surface area contributed by atoms with E-state index in [2.05, 4.69) is 30.5 Å². The molecule has 3 nitrogen and oxygen atoms in total. The van der Waals surface area contributed by atoms with Crippen molar-refractivity contribution in [1.82, 2.24) is 5.32 Å². The Bertz CT molecular complexity index is 454. The molecule has 1 aromatic carbocycles. The van der Waals surface area contributed by atoms with Crippen molar-refractivity contribution in [1.29, 1.82) is 0 Å². The Morgan fingerprint density at radius 2 is 2.20 bits per heavy atom. The largest absolute Gasteiger partial charge is 0.385 e. The summed E-state index contributed by atoms with van der Waals surface area (Å²) in [7, 11) is 0. The molecule has 1 aliphatic rings. The first-order chi connectivity index (χ1) is 9.68. The third-order valence-electron chi connectivity index (χ3n) is 3.83.